The van der Waals surface area contributed by atoms with Crippen LogP contribution >= 0.6 is 0 Å². The van der Waals surface area contributed by atoms with Gasteiger partial charge in [0.2, 0.25) is 10.0 Å². The summed E-state index contributed by atoms with van der Waals surface area (Å²) in [6.07, 6.45) is 2.00. The van der Waals surface area contributed by atoms with E-state index in [2.05, 4.69) is 4.72 Å². The fraction of sp³-hybridized carbons (Fsp3) is 0.263. The van der Waals surface area contributed by atoms with Crippen molar-refractivity contribution in [3.8, 4) is 0 Å². The Morgan fingerprint density at radius 3 is 2.21 bits per heavy atom. The van der Waals surface area contributed by atoms with Crippen LogP contribution < -0.4 is 10.5 Å². The zero-order valence-electron chi connectivity index (χ0n) is 14.5. The van der Waals surface area contributed by atoms with Gasteiger partial charge in [0.05, 0.1) is 16.1 Å². The zero-order valence-corrected chi connectivity index (χ0v) is 15.3. The predicted octanol–water partition coefficient (Wildman–Crippen LogP) is 4.26. The van der Waals surface area contributed by atoms with Crippen LogP contribution in [-0.4, -0.2) is 13.2 Å². The first kappa shape index (κ1) is 18.1. The molecule has 3 N–H and O–H groups in total. The Morgan fingerprint density at radius 1 is 1.04 bits per heavy atom. The van der Waals surface area contributed by atoms with E-state index in [1.807, 2.05) is 49.4 Å². The van der Waals surface area contributed by atoms with Crippen molar-refractivity contribution in [1.82, 2.24) is 0 Å². The second kappa shape index (κ2) is 6.69. The molecule has 0 aromatic heterocycles. The van der Waals surface area contributed by atoms with Crippen molar-refractivity contribution in [2.75, 3.05) is 10.5 Å². The molecule has 0 saturated heterocycles. The number of hydrogen-bond acceptors (Lipinski definition) is 3. The topological polar surface area (TPSA) is 72.2 Å². The van der Waals surface area contributed by atoms with E-state index in [0.29, 0.717) is 11.4 Å². The molecule has 24 heavy (non-hydrogen) atoms. The molecular weight excluding hydrogens is 320 g/mol. The third kappa shape index (κ3) is 3.79. The smallest absolute Gasteiger partial charge is 0.237 e. The maximum absolute atomic E-state index is 12.4. The summed E-state index contributed by atoms with van der Waals surface area (Å²) in [4.78, 5) is 0. The van der Waals surface area contributed by atoms with Crippen molar-refractivity contribution in [2.45, 2.75) is 32.4 Å². The van der Waals surface area contributed by atoms with Crippen LogP contribution in [0, 0.1) is 0 Å². The van der Waals surface area contributed by atoms with Crippen LogP contribution in [0.5, 0.6) is 0 Å². The van der Waals surface area contributed by atoms with Crippen LogP contribution in [0.1, 0.15) is 38.8 Å². The lowest BCUT2D eigenvalue weighted by Crippen LogP contribution is -2.33. The Labute approximate surface area is 144 Å². The van der Waals surface area contributed by atoms with E-state index in [0.717, 1.165) is 16.7 Å². The highest BCUT2D eigenvalue weighted by Crippen LogP contribution is 2.30. The number of anilines is 2. The minimum absolute atomic E-state index is 0.398. The van der Waals surface area contributed by atoms with Gasteiger partial charge in [-0.1, -0.05) is 42.5 Å². The van der Waals surface area contributed by atoms with E-state index < -0.39 is 14.8 Å². The Kier molecular flexibility index (Phi) is 5.04. The van der Waals surface area contributed by atoms with Crippen LogP contribution in [0.3, 0.4) is 0 Å². The molecule has 5 heteroatoms. The van der Waals surface area contributed by atoms with Gasteiger partial charge in [-0.3, -0.25) is 4.72 Å². The Bertz CT molecular complexity index is 849. The van der Waals surface area contributed by atoms with E-state index in [1.165, 1.54) is 0 Å². The van der Waals surface area contributed by atoms with Gasteiger partial charge in [-0.2, -0.15) is 0 Å². The lowest BCUT2D eigenvalue weighted by Gasteiger charge is -2.21. The lowest BCUT2D eigenvalue weighted by atomic mass is 9.97. The minimum Gasteiger partial charge on any atom is -0.397 e. The van der Waals surface area contributed by atoms with E-state index in [1.54, 1.807) is 32.9 Å². The Balaban J connectivity index is 2.46. The van der Waals surface area contributed by atoms with Gasteiger partial charge in [-0.15, -0.1) is 0 Å². The molecule has 0 bridgehead atoms. The fourth-order valence-corrected chi connectivity index (χ4v) is 3.00. The summed E-state index contributed by atoms with van der Waals surface area (Å²) in [7, 11) is -3.54. The summed E-state index contributed by atoms with van der Waals surface area (Å²) in [6.45, 7) is 6.90. The van der Waals surface area contributed by atoms with Crippen molar-refractivity contribution < 1.29 is 8.42 Å². The molecule has 0 aliphatic rings. The second-order valence-corrected chi connectivity index (χ2v) is 9.02. The average molecular weight is 344 g/mol. The average Bonchev–Trinajstić information content (AvgIpc) is 2.51. The van der Waals surface area contributed by atoms with Crippen molar-refractivity contribution >= 4 is 27.0 Å². The first-order valence-electron chi connectivity index (χ1n) is 7.79. The molecule has 0 saturated carbocycles. The molecule has 0 amide bonds. The molecule has 2 aromatic carbocycles. The molecule has 0 atom stereocenters. The third-order valence-electron chi connectivity index (χ3n) is 3.79. The molecule has 2 aromatic rings. The normalized spacial score (nSPS) is 12.9. The van der Waals surface area contributed by atoms with E-state index in [-0.39, 0.29) is 0 Å². The molecule has 0 aliphatic carbocycles. The summed E-state index contributed by atoms with van der Waals surface area (Å²) in [6, 6.07) is 15.3. The van der Waals surface area contributed by atoms with Crippen LogP contribution in [0.15, 0.2) is 54.6 Å². The first-order chi connectivity index (χ1) is 11.2. The third-order valence-corrected chi connectivity index (χ3v) is 5.89. The quantitative estimate of drug-likeness (QED) is 0.814. The van der Waals surface area contributed by atoms with Gasteiger partial charge in [-0.25, -0.2) is 8.42 Å². The minimum atomic E-state index is -3.54. The molecule has 0 unspecified atom stereocenters. The van der Waals surface area contributed by atoms with Crippen LogP contribution in [0.4, 0.5) is 11.4 Å². The molecule has 0 radical (unpaired) electrons. The number of rotatable bonds is 4. The predicted molar refractivity (Wildman–Crippen MR) is 102 cm³/mol. The molecule has 0 aliphatic heterocycles. The molecule has 4 nitrogen and oxygen atoms in total. The molecule has 128 valence electrons. The molecule has 0 spiro atoms. The molecular formula is C19H24N2O2S. The summed E-state index contributed by atoms with van der Waals surface area (Å²) in [5, 5.41) is 0. The van der Waals surface area contributed by atoms with Crippen molar-refractivity contribution in [2.24, 2.45) is 0 Å². The molecule has 0 heterocycles. The van der Waals surface area contributed by atoms with Gasteiger partial charge in [0.25, 0.3) is 0 Å². The first-order valence-corrected chi connectivity index (χ1v) is 9.28. The number of nitrogen functional groups attached to an aromatic ring is 1. The van der Waals surface area contributed by atoms with Crippen LogP contribution in [-0.2, 0) is 10.0 Å². The van der Waals surface area contributed by atoms with Crippen molar-refractivity contribution in [3.63, 3.8) is 0 Å². The van der Waals surface area contributed by atoms with Gasteiger partial charge in [0.15, 0.2) is 0 Å². The maximum Gasteiger partial charge on any atom is 0.237 e. The SMILES string of the molecule is C/C=C(/c1ccccc1)c1ccc(N)c(NS(=O)(=O)C(C)(C)C)c1. The van der Waals surface area contributed by atoms with Gasteiger partial charge < -0.3 is 5.73 Å². The largest absolute Gasteiger partial charge is 0.397 e. The Hall–Kier alpha value is -2.27. The second-order valence-electron chi connectivity index (χ2n) is 6.59. The number of hydrogen-bond donors (Lipinski definition) is 2. The number of sulfonamides is 1. The lowest BCUT2D eigenvalue weighted by molar-refractivity contribution is 0.566. The number of benzene rings is 2. The van der Waals surface area contributed by atoms with Crippen LogP contribution in [0.2, 0.25) is 0 Å². The van der Waals surface area contributed by atoms with E-state index in [9.17, 15) is 8.42 Å². The van der Waals surface area contributed by atoms with Gasteiger partial charge in [0, 0.05) is 0 Å². The highest BCUT2D eigenvalue weighted by Gasteiger charge is 2.29. The standard InChI is InChI=1S/C19H24N2O2S/c1-5-16(14-9-7-6-8-10-14)15-11-12-17(20)18(13-15)21-24(22,23)19(2,3)4/h5-13,21H,20H2,1-4H3/b16-5-. The van der Waals surface area contributed by atoms with Gasteiger partial charge >= 0.3 is 0 Å². The maximum atomic E-state index is 12.4. The fourth-order valence-electron chi connectivity index (χ4n) is 2.23. The van der Waals surface area contributed by atoms with E-state index >= 15 is 0 Å². The monoisotopic (exact) mass is 344 g/mol. The number of nitrogens with two attached hydrogens (primary N) is 1. The van der Waals surface area contributed by atoms with Gasteiger partial charge in [0.1, 0.15) is 0 Å². The summed E-state index contributed by atoms with van der Waals surface area (Å²) < 4.78 is 26.5. The molecule has 0 fully saturated rings. The summed E-state index contributed by atoms with van der Waals surface area (Å²) >= 11 is 0. The highest BCUT2D eigenvalue weighted by atomic mass is 32.2. The number of allylic oxidation sites excluding steroid dienone is 1. The molecule has 2 rings (SSSR count). The summed E-state index contributed by atoms with van der Waals surface area (Å²) in [5.74, 6) is 0. The highest BCUT2D eigenvalue weighted by molar-refractivity contribution is 7.94. The van der Waals surface area contributed by atoms with Crippen molar-refractivity contribution in [3.05, 3.63) is 65.7 Å². The zero-order chi connectivity index (χ0) is 18.0. The van der Waals surface area contributed by atoms with Crippen molar-refractivity contribution in [1.29, 1.82) is 0 Å². The van der Waals surface area contributed by atoms with E-state index in [4.69, 9.17) is 5.73 Å². The Morgan fingerprint density at radius 2 is 1.67 bits per heavy atom. The van der Waals surface area contributed by atoms with Crippen LogP contribution in [0.25, 0.3) is 5.57 Å². The van der Waals surface area contributed by atoms with Gasteiger partial charge in [-0.05, 0) is 56.5 Å². The number of nitrogens with one attached hydrogen (secondary N) is 1. The summed E-state index contributed by atoms with van der Waals surface area (Å²) in [5.41, 5.74) is 9.76.